The van der Waals surface area contributed by atoms with Crippen molar-refractivity contribution in [3.8, 4) is 0 Å². The predicted molar refractivity (Wildman–Crippen MR) is 120 cm³/mol. The number of aromatic amines is 1. The Bertz CT molecular complexity index is 1120. The van der Waals surface area contributed by atoms with Crippen molar-refractivity contribution in [3.05, 3.63) is 87.8 Å². The van der Waals surface area contributed by atoms with Crippen LogP contribution in [0, 0.1) is 0 Å². The number of aliphatic hydroxyl groups excluding tert-OH is 1. The Kier molecular flexibility index (Phi) is 6.05. The molecule has 29 heavy (non-hydrogen) atoms. The first kappa shape index (κ1) is 19.8. The quantitative estimate of drug-likeness (QED) is 0.326. The molecule has 148 valence electrons. The molecule has 0 saturated heterocycles. The number of nitrogens with one attached hydrogen (secondary N) is 2. The molecule has 4 nitrogen and oxygen atoms in total. The molecular weight excluding hydrogens is 405 g/mol. The summed E-state index contributed by atoms with van der Waals surface area (Å²) in [5, 5.41) is 15.1. The zero-order valence-corrected chi connectivity index (χ0v) is 17.3. The van der Waals surface area contributed by atoms with E-state index in [9.17, 15) is 5.11 Å². The molecule has 2 heterocycles. The standard InChI is InChI=1S/C23H21Cl2N3O/c24-21-11-17(28-16-8-9-26-18(10-16)14-29)12-22(25)20(21)6-3-4-15-13-27-23-7-2-1-5-19(15)23/h1-2,5,7-13,27,29H,3-4,6,14H2,(H,26,28). The van der Waals surface area contributed by atoms with Gasteiger partial charge in [0.05, 0.1) is 12.3 Å². The van der Waals surface area contributed by atoms with E-state index in [-0.39, 0.29) is 6.61 Å². The fourth-order valence-corrected chi connectivity index (χ4v) is 4.19. The van der Waals surface area contributed by atoms with E-state index in [0.717, 1.165) is 41.7 Å². The van der Waals surface area contributed by atoms with Crippen molar-refractivity contribution >= 4 is 45.5 Å². The lowest BCUT2D eigenvalue weighted by molar-refractivity contribution is 0.277. The average Bonchev–Trinajstić information content (AvgIpc) is 3.13. The van der Waals surface area contributed by atoms with Crippen LogP contribution in [0.1, 0.15) is 23.2 Å². The summed E-state index contributed by atoms with van der Waals surface area (Å²) in [6.45, 7) is -0.105. The van der Waals surface area contributed by atoms with Gasteiger partial charge in [-0.05, 0) is 60.7 Å². The van der Waals surface area contributed by atoms with E-state index in [1.807, 2.05) is 24.3 Å². The van der Waals surface area contributed by atoms with Crippen LogP contribution in [0.25, 0.3) is 10.9 Å². The number of benzene rings is 2. The third-order valence-corrected chi connectivity index (χ3v) is 5.63. The van der Waals surface area contributed by atoms with Gasteiger partial charge in [-0.2, -0.15) is 0 Å². The van der Waals surface area contributed by atoms with E-state index < -0.39 is 0 Å². The maximum Gasteiger partial charge on any atom is 0.0853 e. The number of fused-ring (bicyclic) bond motifs is 1. The lowest BCUT2D eigenvalue weighted by atomic mass is 10.0. The number of rotatable bonds is 7. The van der Waals surface area contributed by atoms with E-state index >= 15 is 0 Å². The molecule has 4 rings (SSSR count). The Morgan fingerprint density at radius 3 is 2.55 bits per heavy atom. The van der Waals surface area contributed by atoms with Gasteiger partial charge >= 0.3 is 0 Å². The van der Waals surface area contributed by atoms with Crippen molar-refractivity contribution < 1.29 is 5.11 Å². The van der Waals surface area contributed by atoms with Crippen LogP contribution in [0.2, 0.25) is 10.0 Å². The van der Waals surface area contributed by atoms with Crippen LogP contribution in [0.5, 0.6) is 0 Å². The molecule has 0 aliphatic carbocycles. The molecule has 0 spiro atoms. The van der Waals surface area contributed by atoms with Crippen molar-refractivity contribution in [2.24, 2.45) is 0 Å². The second-order valence-electron chi connectivity index (χ2n) is 6.95. The molecule has 0 saturated carbocycles. The van der Waals surface area contributed by atoms with Crippen LogP contribution in [0.15, 0.2) is 60.9 Å². The van der Waals surface area contributed by atoms with Gasteiger partial charge in [0, 0.05) is 44.7 Å². The van der Waals surface area contributed by atoms with Gasteiger partial charge < -0.3 is 15.4 Å². The molecule has 0 amide bonds. The fourth-order valence-electron chi connectivity index (χ4n) is 3.52. The summed E-state index contributed by atoms with van der Waals surface area (Å²) in [6.07, 6.45) is 6.45. The topological polar surface area (TPSA) is 60.9 Å². The van der Waals surface area contributed by atoms with E-state index in [1.54, 1.807) is 12.3 Å². The minimum atomic E-state index is -0.105. The summed E-state index contributed by atoms with van der Waals surface area (Å²) in [6, 6.07) is 15.7. The number of halogens is 2. The molecule has 2 aromatic heterocycles. The number of aliphatic hydroxyl groups is 1. The summed E-state index contributed by atoms with van der Waals surface area (Å²) >= 11 is 13.1. The number of nitrogens with zero attached hydrogens (tertiary/aromatic N) is 1. The first-order valence-electron chi connectivity index (χ1n) is 9.50. The van der Waals surface area contributed by atoms with E-state index in [0.29, 0.717) is 15.7 Å². The number of para-hydroxylation sites is 1. The van der Waals surface area contributed by atoms with Gasteiger partial charge in [0.15, 0.2) is 0 Å². The lowest BCUT2D eigenvalue weighted by Gasteiger charge is -2.12. The number of anilines is 2. The Balaban J connectivity index is 1.44. The van der Waals surface area contributed by atoms with Crippen molar-refractivity contribution in [1.29, 1.82) is 0 Å². The maximum absolute atomic E-state index is 9.23. The highest BCUT2D eigenvalue weighted by molar-refractivity contribution is 6.36. The van der Waals surface area contributed by atoms with E-state index in [2.05, 4.69) is 39.7 Å². The van der Waals surface area contributed by atoms with Gasteiger partial charge in [-0.15, -0.1) is 0 Å². The van der Waals surface area contributed by atoms with Crippen LogP contribution in [0.3, 0.4) is 0 Å². The number of pyridine rings is 1. The summed E-state index contributed by atoms with van der Waals surface area (Å²) in [7, 11) is 0. The normalized spacial score (nSPS) is 11.1. The Morgan fingerprint density at radius 1 is 0.966 bits per heavy atom. The first-order chi connectivity index (χ1) is 14.1. The minimum Gasteiger partial charge on any atom is -0.390 e. The highest BCUT2D eigenvalue weighted by atomic mass is 35.5. The number of aromatic nitrogens is 2. The van der Waals surface area contributed by atoms with Crippen LogP contribution < -0.4 is 5.32 Å². The molecule has 6 heteroatoms. The minimum absolute atomic E-state index is 0.105. The largest absolute Gasteiger partial charge is 0.390 e. The van der Waals surface area contributed by atoms with Gasteiger partial charge in [0.1, 0.15) is 0 Å². The highest BCUT2D eigenvalue weighted by Gasteiger charge is 2.10. The number of hydrogen-bond acceptors (Lipinski definition) is 3. The Morgan fingerprint density at radius 2 is 1.76 bits per heavy atom. The second-order valence-corrected chi connectivity index (χ2v) is 7.76. The van der Waals surface area contributed by atoms with Gasteiger partial charge in [0.25, 0.3) is 0 Å². The zero-order valence-electron chi connectivity index (χ0n) is 15.8. The molecule has 0 unspecified atom stereocenters. The van der Waals surface area contributed by atoms with Crippen LogP contribution in [0.4, 0.5) is 11.4 Å². The van der Waals surface area contributed by atoms with Crippen LogP contribution >= 0.6 is 23.2 Å². The smallest absolute Gasteiger partial charge is 0.0853 e. The molecule has 0 atom stereocenters. The summed E-state index contributed by atoms with van der Waals surface area (Å²) in [4.78, 5) is 7.40. The molecule has 0 bridgehead atoms. The SMILES string of the molecule is OCc1cc(Nc2cc(Cl)c(CCCc3c[nH]c4ccccc34)c(Cl)c2)ccn1. The molecule has 0 aliphatic rings. The number of H-pyrrole nitrogens is 1. The third kappa shape index (κ3) is 4.56. The molecule has 0 radical (unpaired) electrons. The molecule has 3 N–H and O–H groups in total. The molecule has 0 aliphatic heterocycles. The van der Waals surface area contributed by atoms with Crippen molar-refractivity contribution in [3.63, 3.8) is 0 Å². The van der Waals surface area contributed by atoms with Gasteiger partial charge in [-0.3, -0.25) is 4.98 Å². The maximum atomic E-state index is 9.23. The predicted octanol–water partition coefficient (Wildman–Crippen LogP) is 6.28. The van der Waals surface area contributed by atoms with Gasteiger partial charge in [-0.25, -0.2) is 0 Å². The summed E-state index contributed by atoms with van der Waals surface area (Å²) < 4.78 is 0. The van der Waals surface area contributed by atoms with Gasteiger partial charge in [0.2, 0.25) is 0 Å². The second kappa shape index (κ2) is 8.87. The highest BCUT2D eigenvalue weighted by Crippen LogP contribution is 2.32. The van der Waals surface area contributed by atoms with Crippen LogP contribution in [-0.2, 0) is 19.4 Å². The van der Waals surface area contributed by atoms with Crippen molar-refractivity contribution in [2.75, 3.05) is 5.32 Å². The summed E-state index contributed by atoms with van der Waals surface area (Å²) in [5.74, 6) is 0. The molecule has 0 fully saturated rings. The van der Waals surface area contributed by atoms with E-state index in [4.69, 9.17) is 23.2 Å². The third-order valence-electron chi connectivity index (χ3n) is 4.96. The lowest BCUT2D eigenvalue weighted by Crippen LogP contribution is -1.97. The Hall–Kier alpha value is -2.53. The fraction of sp³-hybridized carbons (Fsp3) is 0.174. The monoisotopic (exact) mass is 425 g/mol. The van der Waals surface area contributed by atoms with Gasteiger partial charge in [-0.1, -0.05) is 41.4 Å². The molecule has 4 aromatic rings. The average molecular weight is 426 g/mol. The molecule has 2 aromatic carbocycles. The van der Waals surface area contributed by atoms with Crippen LogP contribution in [-0.4, -0.2) is 15.1 Å². The van der Waals surface area contributed by atoms with Crippen molar-refractivity contribution in [2.45, 2.75) is 25.9 Å². The zero-order chi connectivity index (χ0) is 20.2. The first-order valence-corrected chi connectivity index (χ1v) is 10.3. The summed E-state index contributed by atoms with van der Waals surface area (Å²) in [5.41, 5.74) is 5.65. The van der Waals surface area contributed by atoms with E-state index in [1.165, 1.54) is 10.9 Å². The van der Waals surface area contributed by atoms with Crippen molar-refractivity contribution in [1.82, 2.24) is 9.97 Å². The number of hydrogen-bond donors (Lipinski definition) is 3. The number of aryl methyl sites for hydroxylation is 1. The Labute approximate surface area is 179 Å². The molecular formula is C23H21Cl2N3O.